The van der Waals surface area contributed by atoms with Crippen molar-refractivity contribution < 1.29 is 14.4 Å². The lowest BCUT2D eigenvalue weighted by Gasteiger charge is -2.14. The molecule has 7 nitrogen and oxygen atoms in total. The second-order valence-electron chi connectivity index (χ2n) is 5.51. The van der Waals surface area contributed by atoms with Gasteiger partial charge in [-0.2, -0.15) is 0 Å². The lowest BCUT2D eigenvalue weighted by atomic mass is 10.2. The van der Waals surface area contributed by atoms with Crippen LogP contribution in [0, 0.1) is 0 Å². The number of hydrazine groups is 1. The number of hydrogen-bond acceptors (Lipinski definition) is 5. The number of amides is 3. The topological polar surface area (TPSA) is 100 Å². The molecule has 2 aromatic heterocycles. The van der Waals surface area contributed by atoms with Gasteiger partial charge >= 0.3 is 0 Å². The van der Waals surface area contributed by atoms with Crippen molar-refractivity contribution in [1.82, 2.24) is 21.2 Å². The standard InChI is InChI=1S/C18H16N4O3S/c1-11(19-18(25)15-7-4-10-26-15)16(23)21-22-17(24)14-9-8-12-5-2-3-6-13(12)20-14/h2-11H,1H3,(H,19,25)(H,21,23)(H,22,24). The van der Waals surface area contributed by atoms with E-state index in [0.717, 1.165) is 5.39 Å². The lowest BCUT2D eigenvalue weighted by molar-refractivity contribution is -0.123. The molecule has 0 saturated heterocycles. The Kier molecular flexibility index (Phi) is 5.23. The summed E-state index contributed by atoms with van der Waals surface area (Å²) in [6.07, 6.45) is 0. The summed E-state index contributed by atoms with van der Waals surface area (Å²) in [5.41, 5.74) is 5.46. The predicted octanol–water partition coefficient (Wildman–Crippen LogP) is 1.88. The van der Waals surface area contributed by atoms with Gasteiger partial charge in [0.1, 0.15) is 11.7 Å². The van der Waals surface area contributed by atoms with E-state index in [4.69, 9.17) is 0 Å². The summed E-state index contributed by atoms with van der Waals surface area (Å²) in [4.78, 5) is 40.9. The van der Waals surface area contributed by atoms with Gasteiger partial charge in [0, 0.05) is 5.39 Å². The molecule has 2 heterocycles. The van der Waals surface area contributed by atoms with Crippen LogP contribution in [0.15, 0.2) is 53.9 Å². The molecule has 0 saturated carbocycles. The molecule has 1 atom stereocenters. The monoisotopic (exact) mass is 368 g/mol. The first-order valence-corrected chi connectivity index (χ1v) is 8.73. The number of nitrogens with zero attached hydrogens (tertiary/aromatic N) is 1. The SMILES string of the molecule is CC(NC(=O)c1cccs1)C(=O)NNC(=O)c1ccc2ccccc2n1. The van der Waals surface area contributed by atoms with E-state index in [9.17, 15) is 14.4 Å². The summed E-state index contributed by atoms with van der Waals surface area (Å²) in [6.45, 7) is 1.53. The van der Waals surface area contributed by atoms with Crippen molar-refractivity contribution in [2.45, 2.75) is 13.0 Å². The van der Waals surface area contributed by atoms with Crippen LogP contribution in [-0.2, 0) is 4.79 Å². The molecule has 0 spiro atoms. The number of fused-ring (bicyclic) bond motifs is 1. The van der Waals surface area contributed by atoms with Gasteiger partial charge in [-0.15, -0.1) is 11.3 Å². The van der Waals surface area contributed by atoms with Crippen LogP contribution in [0.25, 0.3) is 10.9 Å². The van der Waals surface area contributed by atoms with E-state index in [1.54, 1.807) is 35.7 Å². The quantitative estimate of drug-likeness (QED) is 0.612. The molecule has 0 aliphatic carbocycles. The highest BCUT2D eigenvalue weighted by molar-refractivity contribution is 7.12. The zero-order chi connectivity index (χ0) is 18.5. The zero-order valence-corrected chi connectivity index (χ0v) is 14.7. The number of para-hydroxylation sites is 1. The van der Waals surface area contributed by atoms with Crippen LogP contribution in [0.3, 0.4) is 0 Å². The summed E-state index contributed by atoms with van der Waals surface area (Å²) in [7, 11) is 0. The molecular weight excluding hydrogens is 352 g/mol. The van der Waals surface area contributed by atoms with Gasteiger partial charge in [0.25, 0.3) is 17.7 Å². The molecule has 26 heavy (non-hydrogen) atoms. The number of thiophene rings is 1. The molecule has 0 aliphatic heterocycles. The van der Waals surface area contributed by atoms with Gasteiger partial charge in [-0.25, -0.2) is 4.98 Å². The molecule has 1 unspecified atom stereocenters. The minimum atomic E-state index is -0.811. The van der Waals surface area contributed by atoms with Gasteiger partial charge in [0.05, 0.1) is 10.4 Å². The van der Waals surface area contributed by atoms with Gasteiger partial charge in [0.15, 0.2) is 0 Å². The van der Waals surface area contributed by atoms with Crippen molar-refractivity contribution in [1.29, 1.82) is 0 Å². The first kappa shape index (κ1) is 17.6. The first-order chi connectivity index (χ1) is 12.5. The third kappa shape index (κ3) is 4.04. The molecule has 1 aromatic carbocycles. The molecule has 3 rings (SSSR count). The Morgan fingerprint density at radius 1 is 0.962 bits per heavy atom. The van der Waals surface area contributed by atoms with Gasteiger partial charge in [-0.3, -0.25) is 25.2 Å². The summed E-state index contributed by atoms with van der Waals surface area (Å²) >= 11 is 1.28. The molecule has 8 heteroatoms. The van der Waals surface area contributed by atoms with Crippen LogP contribution in [0.1, 0.15) is 27.1 Å². The molecule has 0 fully saturated rings. The number of aromatic nitrogens is 1. The number of pyridine rings is 1. The lowest BCUT2D eigenvalue weighted by Crippen LogP contribution is -2.51. The fraction of sp³-hybridized carbons (Fsp3) is 0.111. The van der Waals surface area contributed by atoms with Crippen molar-refractivity contribution in [3.05, 3.63) is 64.5 Å². The largest absolute Gasteiger partial charge is 0.340 e. The smallest absolute Gasteiger partial charge is 0.288 e. The number of hydrogen-bond donors (Lipinski definition) is 3. The van der Waals surface area contributed by atoms with Crippen LogP contribution < -0.4 is 16.2 Å². The number of nitrogens with one attached hydrogen (secondary N) is 3. The highest BCUT2D eigenvalue weighted by Gasteiger charge is 2.18. The van der Waals surface area contributed by atoms with E-state index in [1.165, 1.54) is 18.3 Å². The second-order valence-corrected chi connectivity index (χ2v) is 6.45. The molecule has 0 radical (unpaired) electrons. The molecule has 3 amide bonds. The van der Waals surface area contributed by atoms with Crippen molar-refractivity contribution >= 4 is 40.0 Å². The average molecular weight is 368 g/mol. The second kappa shape index (κ2) is 7.75. The fourth-order valence-corrected chi connectivity index (χ4v) is 2.85. The Morgan fingerprint density at radius 3 is 2.54 bits per heavy atom. The maximum absolute atomic E-state index is 12.2. The van der Waals surface area contributed by atoms with Crippen molar-refractivity contribution in [3.8, 4) is 0 Å². The number of carbonyl (C=O) groups excluding carboxylic acids is 3. The van der Waals surface area contributed by atoms with Crippen molar-refractivity contribution in [2.75, 3.05) is 0 Å². The number of rotatable bonds is 4. The van der Waals surface area contributed by atoms with Crippen molar-refractivity contribution in [3.63, 3.8) is 0 Å². The Labute approximate surface area is 153 Å². The summed E-state index contributed by atoms with van der Waals surface area (Å²) in [6, 6.07) is 13.4. The molecule has 0 aliphatic rings. The van der Waals surface area contributed by atoms with Crippen LogP contribution in [0.5, 0.6) is 0 Å². The van der Waals surface area contributed by atoms with Crippen LogP contribution in [0.4, 0.5) is 0 Å². The van der Waals surface area contributed by atoms with E-state index >= 15 is 0 Å². The number of benzene rings is 1. The predicted molar refractivity (Wildman–Crippen MR) is 98.6 cm³/mol. The van der Waals surface area contributed by atoms with Gasteiger partial charge in [0.2, 0.25) is 0 Å². The highest BCUT2D eigenvalue weighted by Crippen LogP contribution is 2.11. The number of carbonyl (C=O) groups is 3. The molecule has 3 aromatic rings. The average Bonchev–Trinajstić information content (AvgIpc) is 3.20. The third-order valence-electron chi connectivity index (χ3n) is 3.62. The van der Waals surface area contributed by atoms with Crippen molar-refractivity contribution in [2.24, 2.45) is 0 Å². The molecule has 3 N–H and O–H groups in total. The summed E-state index contributed by atoms with van der Waals surface area (Å²) < 4.78 is 0. The van der Waals surface area contributed by atoms with Crippen LogP contribution in [0.2, 0.25) is 0 Å². The molecular formula is C18H16N4O3S. The van der Waals surface area contributed by atoms with Gasteiger partial charge < -0.3 is 5.32 Å². The molecule has 132 valence electrons. The first-order valence-electron chi connectivity index (χ1n) is 7.85. The summed E-state index contributed by atoms with van der Waals surface area (Å²) in [5.74, 6) is -1.42. The van der Waals surface area contributed by atoms with Gasteiger partial charge in [-0.1, -0.05) is 30.3 Å². The summed E-state index contributed by atoms with van der Waals surface area (Å²) in [5, 5.41) is 5.25. The van der Waals surface area contributed by atoms with E-state index in [-0.39, 0.29) is 11.6 Å². The van der Waals surface area contributed by atoms with E-state index < -0.39 is 17.9 Å². The Bertz CT molecular complexity index is 956. The molecule has 0 bridgehead atoms. The highest BCUT2D eigenvalue weighted by atomic mass is 32.1. The normalized spacial score (nSPS) is 11.6. The Morgan fingerprint density at radius 2 is 1.77 bits per heavy atom. The minimum Gasteiger partial charge on any atom is -0.340 e. The van der Waals surface area contributed by atoms with E-state index in [0.29, 0.717) is 10.4 Å². The fourth-order valence-electron chi connectivity index (χ4n) is 2.22. The minimum absolute atomic E-state index is 0.180. The zero-order valence-electron chi connectivity index (χ0n) is 13.9. The third-order valence-corrected chi connectivity index (χ3v) is 4.48. The Hall–Kier alpha value is -3.26. The van der Waals surface area contributed by atoms with Crippen LogP contribution >= 0.6 is 11.3 Å². The van der Waals surface area contributed by atoms with E-state index in [1.807, 2.05) is 18.2 Å². The van der Waals surface area contributed by atoms with Crippen LogP contribution in [-0.4, -0.2) is 28.7 Å². The maximum Gasteiger partial charge on any atom is 0.288 e. The Balaban J connectivity index is 1.55. The van der Waals surface area contributed by atoms with E-state index in [2.05, 4.69) is 21.2 Å². The van der Waals surface area contributed by atoms with Gasteiger partial charge in [-0.05, 0) is 30.5 Å². The maximum atomic E-state index is 12.2.